The topological polar surface area (TPSA) is 41.5 Å². The number of hydrogen-bond donors (Lipinski definition) is 1. The molecule has 0 aliphatic heterocycles. The van der Waals surface area contributed by atoms with Crippen molar-refractivity contribution in [1.82, 2.24) is 5.43 Å². The molecule has 3 nitrogen and oxygen atoms in total. The first kappa shape index (κ1) is 14.6. The van der Waals surface area contributed by atoms with Gasteiger partial charge in [0.2, 0.25) is 5.91 Å². The van der Waals surface area contributed by atoms with Crippen LogP contribution in [0, 0.1) is 5.92 Å². The molecule has 0 radical (unpaired) electrons. The molecule has 3 heteroatoms. The zero-order valence-corrected chi connectivity index (χ0v) is 13.3. The molecule has 0 heterocycles. The number of allylic oxidation sites excluding steroid dienone is 1. The average molecular weight is 314 g/mol. The molecule has 0 aromatic heterocycles. The van der Waals surface area contributed by atoms with Crippen LogP contribution in [0.4, 0.5) is 0 Å². The first-order valence-corrected chi connectivity index (χ1v) is 8.12. The van der Waals surface area contributed by atoms with Gasteiger partial charge in [0.25, 0.3) is 0 Å². The standard InChI is InChI=1S/C21H18N2O/c1-14-10-17(11-14)21(24)23-22-13-20-18-8-4-2-6-15(18)12-16-7-3-5-9-19(16)20/h2-9,12-13,17H,1,10-11H2,(H,23,24)/b22-13-. The first-order chi connectivity index (χ1) is 11.7. The van der Waals surface area contributed by atoms with Gasteiger partial charge in [-0.1, -0.05) is 60.7 Å². The van der Waals surface area contributed by atoms with E-state index in [0.717, 1.165) is 34.8 Å². The van der Waals surface area contributed by atoms with Crippen molar-refractivity contribution < 1.29 is 4.79 Å². The maximum Gasteiger partial charge on any atom is 0.243 e. The van der Waals surface area contributed by atoms with E-state index in [1.807, 2.05) is 24.3 Å². The number of amides is 1. The van der Waals surface area contributed by atoms with Gasteiger partial charge < -0.3 is 0 Å². The molecule has 0 saturated heterocycles. The van der Waals surface area contributed by atoms with Crippen molar-refractivity contribution in [2.45, 2.75) is 12.8 Å². The van der Waals surface area contributed by atoms with Crippen molar-refractivity contribution in [2.24, 2.45) is 11.0 Å². The fourth-order valence-electron chi connectivity index (χ4n) is 3.26. The van der Waals surface area contributed by atoms with E-state index in [2.05, 4.69) is 47.4 Å². The summed E-state index contributed by atoms with van der Waals surface area (Å²) in [7, 11) is 0. The highest BCUT2D eigenvalue weighted by Gasteiger charge is 2.28. The summed E-state index contributed by atoms with van der Waals surface area (Å²) in [6.45, 7) is 3.87. The molecule has 1 amide bonds. The second-order valence-electron chi connectivity index (χ2n) is 6.32. The zero-order chi connectivity index (χ0) is 16.5. The van der Waals surface area contributed by atoms with Gasteiger partial charge in [0, 0.05) is 11.5 Å². The third kappa shape index (κ3) is 2.58. The highest BCUT2D eigenvalue weighted by atomic mass is 16.2. The summed E-state index contributed by atoms with van der Waals surface area (Å²) in [5.74, 6) is 0.00195. The van der Waals surface area contributed by atoms with Crippen molar-refractivity contribution in [2.75, 3.05) is 0 Å². The highest BCUT2D eigenvalue weighted by Crippen LogP contribution is 2.31. The van der Waals surface area contributed by atoms with E-state index in [-0.39, 0.29) is 11.8 Å². The molecule has 0 atom stereocenters. The number of hydrogen-bond acceptors (Lipinski definition) is 2. The van der Waals surface area contributed by atoms with Crippen LogP contribution in [-0.4, -0.2) is 12.1 Å². The van der Waals surface area contributed by atoms with E-state index in [4.69, 9.17) is 0 Å². The van der Waals surface area contributed by atoms with E-state index >= 15 is 0 Å². The molecule has 3 aromatic rings. The molecule has 1 aliphatic carbocycles. The lowest BCUT2D eigenvalue weighted by Gasteiger charge is -2.25. The van der Waals surface area contributed by atoms with Crippen LogP contribution >= 0.6 is 0 Å². The minimum absolute atomic E-state index is 0.0248. The molecule has 0 bridgehead atoms. The zero-order valence-electron chi connectivity index (χ0n) is 13.3. The molecule has 4 rings (SSSR count). The molecular formula is C21H18N2O. The van der Waals surface area contributed by atoms with Crippen LogP contribution in [0.2, 0.25) is 0 Å². The van der Waals surface area contributed by atoms with E-state index in [1.165, 1.54) is 10.8 Å². The number of rotatable bonds is 3. The van der Waals surface area contributed by atoms with Crippen LogP contribution in [0.3, 0.4) is 0 Å². The molecule has 3 aromatic carbocycles. The molecule has 1 N–H and O–H groups in total. The van der Waals surface area contributed by atoms with Crippen molar-refractivity contribution in [3.05, 3.63) is 72.3 Å². The molecule has 1 fully saturated rings. The van der Waals surface area contributed by atoms with Crippen LogP contribution in [0.25, 0.3) is 21.5 Å². The van der Waals surface area contributed by atoms with E-state index in [1.54, 1.807) is 6.21 Å². The van der Waals surface area contributed by atoms with Gasteiger partial charge in [-0.2, -0.15) is 5.10 Å². The molecular weight excluding hydrogens is 296 g/mol. The number of fused-ring (bicyclic) bond motifs is 2. The molecule has 24 heavy (non-hydrogen) atoms. The minimum Gasteiger partial charge on any atom is -0.273 e. The second kappa shape index (κ2) is 5.93. The summed E-state index contributed by atoms with van der Waals surface area (Å²) in [6.07, 6.45) is 3.31. The van der Waals surface area contributed by atoms with Crippen molar-refractivity contribution in [1.29, 1.82) is 0 Å². The van der Waals surface area contributed by atoms with Crippen LogP contribution < -0.4 is 5.43 Å². The minimum atomic E-state index is -0.0248. The summed E-state index contributed by atoms with van der Waals surface area (Å²) in [6, 6.07) is 18.6. The number of benzene rings is 3. The summed E-state index contributed by atoms with van der Waals surface area (Å²) in [5.41, 5.74) is 4.84. The van der Waals surface area contributed by atoms with Gasteiger partial charge in [0.05, 0.1) is 6.21 Å². The highest BCUT2D eigenvalue weighted by molar-refractivity contribution is 6.13. The van der Waals surface area contributed by atoms with Gasteiger partial charge in [-0.15, -0.1) is 0 Å². The number of carbonyl (C=O) groups is 1. The van der Waals surface area contributed by atoms with Crippen LogP contribution in [0.1, 0.15) is 18.4 Å². The SMILES string of the molecule is C=C1CC(C(=O)N/N=C\c2c3ccccc3cc3ccccc23)C1. The third-order valence-corrected chi connectivity index (χ3v) is 4.62. The molecule has 1 saturated carbocycles. The van der Waals surface area contributed by atoms with Gasteiger partial charge in [-0.05, 0) is 40.5 Å². The second-order valence-corrected chi connectivity index (χ2v) is 6.32. The first-order valence-electron chi connectivity index (χ1n) is 8.12. The maximum atomic E-state index is 12.0. The monoisotopic (exact) mass is 314 g/mol. The Kier molecular flexibility index (Phi) is 3.62. The Balaban J connectivity index is 1.70. The Morgan fingerprint density at radius 2 is 1.62 bits per heavy atom. The lowest BCUT2D eigenvalue weighted by molar-refractivity contribution is -0.126. The van der Waals surface area contributed by atoms with Gasteiger partial charge in [-0.3, -0.25) is 4.79 Å². The van der Waals surface area contributed by atoms with Crippen molar-refractivity contribution in [3.63, 3.8) is 0 Å². The summed E-state index contributed by atoms with van der Waals surface area (Å²) >= 11 is 0. The van der Waals surface area contributed by atoms with E-state index < -0.39 is 0 Å². The van der Waals surface area contributed by atoms with E-state index in [9.17, 15) is 4.79 Å². The van der Waals surface area contributed by atoms with Gasteiger partial charge in [-0.25, -0.2) is 5.43 Å². The molecule has 0 spiro atoms. The number of nitrogens with zero attached hydrogens (tertiary/aromatic N) is 1. The summed E-state index contributed by atoms with van der Waals surface area (Å²) < 4.78 is 0. The molecule has 118 valence electrons. The van der Waals surface area contributed by atoms with Crippen LogP contribution in [0.5, 0.6) is 0 Å². The quantitative estimate of drug-likeness (QED) is 0.331. The van der Waals surface area contributed by atoms with Crippen molar-refractivity contribution in [3.8, 4) is 0 Å². The van der Waals surface area contributed by atoms with Crippen LogP contribution in [0.15, 0.2) is 71.9 Å². The lowest BCUT2D eigenvalue weighted by Crippen LogP contribution is -2.32. The van der Waals surface area contributed by atoms with Gasteiger partial charge in [0.1, 0.15) is 0 Å². The number of hydrazone groups is 1. The average Bonchev–Trinajstić information content (AvgIpc) is 2.58. The Bertz CT molecular complexity index is 925. The Morgan fingerprint density at radius 1 is 1.04 bits per heavy atom. The van der Waals surface area contributed by atoms with Gasteiger partial charge >= 0.3 is 0 Å². The lowest BCUT2D eigenvalue weighted by atomic mass is 9.81. The Hall–Kier alpha value is -2.94. The molecule has 0 unspecified atom stereocenters. The fraction of sp³-hybridized carbons (Fsp3) is 0.143. The number of carbonyl (C=O) groups excluding carboxylic acids is 1. The number of nitrogens with one attached hydrogen (secondary N) is 1. The summed E-state index contributed by atoms with van der Waals surface area (Å²) in [4.78, 5) is 12.0. The van der Waals surface area contributed by atoms with E-state index in [0.29, 0.717) is 0 Å². The Morgan fingerprint density at radius 3 is 2.21 bits per heavy atom. The smallest absolute Gasteiger partial charge is 0.243 e. The van der Waals surface area contributed by atoms with Crippen molar-refractivity contribution >= 4 is 33.7 Å². The predicted octanol–water partition coefficient (Wildman–Crippen LogP) is 4.41. The Labute approximate surface area is 140 Å². The summed E-state index contributed by atoms with van der Waals surface area (Å²) in [5, 5.41) is 8.81. The molecule has 1 aliphatic rings. The normalized spacial score (nSPS) is 15.1. The van der Waals surface area contributed by atoms with Gasteiger partial charge in [0.15, 0.2) is 0 Å². The van der Waals surface area contributed by atoms with Crippen LogP contribution in [-0.2, 0) is 4.79 Å². The maximum absolute atomic E-state index is 12.0. The largest absolute Gasteiger partial charge is 0.273 e. The third-order valence-electron chi connectivity index (χ3n) is 4.62. The predicted molar refractivity (Wildman–Crippen MR) is 99.1 cm³/mol. The fourth-order valence-corrected chi connectivity index (χ4v) is 3.26.